The Balaban J connectivity index is 1.51. The molecule has 0 radical (unpaired) electrons. The average Bonchev–Trinajstić information content (AvgIpc) is 3.54. The molecule has 1 saturated carbocycles. The van der Waals surface area contributed by atoms with Gasteiger partial charge in [0, 0.05) is 31.4 Å². The molecule has 0 amide bonds. The minimum Gasteiger partial charge on any atom is -0.351 e. The van der Waals surface area contributed by atoms with E-state index in [2.05, 4.69) is 70.7 Å². The molecule has 30 heavy (non-hydrogen) atoms. The molecule has 2 aromatic carbocycles. The van der Waals surface area contributed by atoms with Crippen LogP contribution in [0.4, 0.5) is 5.69 Å². The van der Waals surface area contributed by atoms with E-state index in [0.717, 1.165) is 55.7 Å². The molecule has 1 aliphatic heterocycles. The Morgan fingerprint density at radius 1 is 1.13 bits per heavy atom. The summed E-state index contributed by atoms with van der Waals surface area (Å²) in [5.41, 5.74) is 12.1. The van der Waals surface area contributed by atoms with Gasteiger partial charge < -0.3 is 15.2 Å². The van der Waals surface area contributed by atoms with Gasteiger partial charge in [0.15, 0.2) is 0 Å². The lowest BCUT2D eigenvalue weighted by molar-refractivity contribution is 0.239. The van der Waals surface area contributed by atoms with E-state index in [1.807, 2.05) is 0 Å². The Bertz CT molecular complexity index is 1030. The number of imidazole rings is 1. The lowest BCUT2D eigenvalue weighted by Gasteiger charge is -2.38. The van der Waals surface area contributed by atoms with Gasteiger partial charge in [-0.1, -0.05) is 38.1 Å². The van der Waals surface area contributed by atoms with Crippen LogP contribution in [0, 0.1) is 5.92 Å². The molecule has 5 rings (SSSR count). The van der Waals surface area contributed by atoms with Crippen LogP contribution in [-0.2, 0) is 26.2 Å². The molecular formula is C25H33N5. The minimum atomic E-state index is 0.556. The average molecular weight is 404 g/mol. The summed E-state index contributed by atoms with van der Waals surface area (Å²) in [6, 6.07) is 16.1. The molecule has 2 N–H and O–H groups in total. The van der Waals surface area contributed by atoms with Crippen molar-refractivity contribution in [3.63, 3.8) is 0 Å². The summed E-state index contributed by atoms with van der Waals surface area (Å²) >= 11 is 0. The van der Waals surface area contributed by atoms with Gasteiger partial charge in [0.25, 0.3) is 0 Å². The van der Waals surface area contributed by atoms with Gasteiger partial charge in [-0.25, -0.2) is 4.98 Å². The summed E-state index contributed by atoms with van der Waals surface area (Å²) in [6.45, 7) is 9.04. The predicted octanol–water partition coefficient (Wildman–Crippen LogP) is 4.48. The number of aromatic nitrogens is 2. The molecule has 0 bridgehead atoms. The normalized spacial score (nSPS) is 17.1. The standard InChI is InChI=1S/C25H33N5/c1-18(2)11-12-30-24-10-7-19(14-26)13-22(24)27-25(30)16-29-17-28(21-8-9-21)15-20-5-3-4-6-23(20)29/h3-7,10,13,18,21H,8-9,11-12,14-17,26H2,1-2H3. The van der Waals surface area contributed by atoms with Crippen LogP contribution in [0.1, 0.15) is 50.1 Å². The maximum absolute atomic E-state index is 5.89. The Morgan fingerprint density at radius 3 is 2.73 bits per heavy atom. The van der Waals surface area contributed by atoms with Crippen LogP contribution in [0.2, 0.25) is 0 Å². The molecule has 158 valence electrons. The van der Waals surface area contributed by atoms with Crippen molar-refractivity contribution in [2.45, 2.75) is 65.3 Å². The second-order valence-electron chi connectivity index (χ2n) is 9.34. The Labute approximate surface area is 179 Å². The van der Waals surface area contributed by atoms with Crippen LogP contribution in [0.3, 0.4) is 0 Å². The lowest BCUT2D eigenvalue weighted by atomic mass is 10.1. The molecule has 2 heterocycles. The fourth-order valence-electron chi connectivity index (χ4n) is 4.62. The highest BCUT2D eigenvalue weighted by Gasteiger charge is 2.34. The SMILES string of the molecule is CC(C)CCn1c(CN2CN(C3CC3)Cc3ccccc32)nc2cc(CN)ccc21. The zero-order chi connectivity index (χ0) is 20.7. The third-order valence-electron chi connectivity index (χ3n) is 6.51. The van der Waals surface area contributed by atoms with Crippen molar-refractivity contribution >= 4 is 16.7 Å². The molecule has 2 aliphatic rings. The molecule has 0 unspecified atom stereocenters. The van der Waals surface area contributed by atoms with E-state index >= 15 is 0 Å². The molecule has 0 saturated heterocycles. The largest absolute Gasteiger partial charge is 0.351 e. The summed E-state index contributed by atoms with van der Waals surface area (Å²) in [5, 5.41) is 0. The van der Waals surface area contributed by atoms with Crippen molar-refractivity contribution in [1.82, 2.24) is 14.5 Å². The quantitative estimate of drug-likeness (QED) is 0.632. The topological polar surface area (TPSA) is 50.3 Å². The van der Waals surface area contributed by atoms with Gasteiger partial charge in [-0.15, -0.1) is 0 Å². The van der Waals surface area contributed by atoms with Crippen LogP contribution in [0.5, 0.6) is 0 Å². The summed E-state index contributed by atoms with van der Waals surface area (Å²) in [7, 11) is 0. The Hall–Kier alpha value is -2.37. The smallest absolute Gasteiger partial charge is 0.129 e. The second-order valence-corrected chi connectivity index (χ2v) is 9.34. The van der Waals surface area contributed by atoms with Crippen LogP contribution in [0.25, 0.3) is 11.0 Å². The first kappa shape index (κ1) is 19.6. The van der Waals surface area contributed by atoms with Crippen LogP contribution in [-0.4, -0.2) is 27.2 Å². The monoisotopic (exact) mass is 403 g/mol. The zero-order valence-corrected chi connectivity index (χ0v) is 18.2. The number of aryl methyl sites for hydroxylation is 1. The molecule has 3 aromatic rings. The highest BCUT2D eigenvalue weighted by molar-refractivity contribution is 5.77. The molecular weight excluding hydrogens is 370 g/mol. The second kappa shape index (κ2) is 8.05. The number of anilines is 1. The minimum absolute atomic E-state index is 0.556. The van der Waals surface area contributed by atoms with Crippen LogP contribution in [0.15, 0.2) is 42.5 Å². The van der Waals surface area contributed by atoms with Crippen molar-refractivity contribution in [1.29, 1.82) is 0 Å². The van der Waals surface area contributed by atoms with Crippen molar-refractivity contribution in [2.75, 3.05) is 11.6 Å². The molecule has 5 nitrogen and oxygen atoms in total. The first-order valence-corrected chi connectivity index (χ1v) is 11.4. The maximum Gasteiger partial charge on any atom is 0.129 e. The molecule has 1 aliphatic carbocycles. The van der Waals surface area contributed by atoms with Gasteiger partial charge in [-0.05, 0) is 54.5 Å². The number of fused-ring (bicyclic) bond motifs is 2. The first-order chi connectivity index (χ1) is 14.6. The summed E-state index contributed by atoms with van der Waals surface area (Å²) in [4.78, 5) is 10.3. The van der Waals surface area contributed by atoms with Crippen molar-refractivity contribution in [3.8, 4) is 0 Å². The zero-order valence-electron chi connectivity index (χ0n) is 18.2. The van der Waals surface area contributed by atoms with Crippen molar-refractivity contribution < 1.29 is 0 Å². The van der Waals surface area contributed by atoms with E-state index in [1.165, 1.54) is 29.6 Å². The van der Waals surface area contributed by atoms with E-state index in [-0.39, 0.29) is 0 Å². The first-order valence-electron chi connectivity index (χ1n) is 11.4. The van der Waals surface area contributed by atoms with Gasteiger partial charge in [0.1, 0.15) is 5.82 Å². The van der Waals surface area contributed by atoms with E-state index < -0.39 is 0 Å². The lowest BCUT2D eigenvalue weighted by Crippen LogP contribution is -2.43. The molecule has 0 spiro atoms. The van der Waals surface area contributed by atoms with E-state index in [4.69, 9.17) is 10.7 Å². The Kier molecular flexibility index (Phi) is 5.25. The number of benzene rings is 2. The van der Waals surface area contributed by atoms with Crippen LogP contribution < -0.4 is 10.6 Å². The fraction of sp³-hybridized carbons (Fsp3) is 0.480. The van der Waals surface area contributed by atoms with Crippen molar-refractivity contribution in [3.05, 3.63) is 59.4 Å². The predicted molar refractivity (Wildman–Crippen MR) is 123 cm³/mol. The van der Waals surface area contributed by atoms with Crippen molar-refractivity contribution in [2.24, 2.45) is 11.7 Å². The highest BCUT2D eigenvalue weighted by Crippen LogP contribution is 2.35. The van der Waals surface area contributed by atoms with Gasteiger partial charge in [-0.3, -0.25) is 4.90 Å². The molecule has 5 heteroatoms. The van der Waals surface area contributed by atoms with Gasteiger partial charge in [-0.2, -0.15) is 0 Å². The summed E-state index contributed by atoms with van der Waals surface area (Å²) < 4.78 is 2.44. The van der Waals surface area contributed by atoms with Gasteiger partial charge in [0.05, 0.1) is 24.2 Å². The third kappa shape index (κ3) is 3.84. The molecule has 0 atom stereocenters. The fourth-order valence-corrected chi connectivity index (χ4v) is 4.62. The summed E-state index contributed by atoms with van der Waals surface area (Å²) in [6.07, 6.45) is 3.83. The van der Waals surface area contributed by atoms with E-state index in [0.29, 0.717) is 12.5 Å². The third-order valence-corrected chi connectivity index (χ3v) is 6.51. The molecule has 1 fully saturated rings. The number of nitrogens with two attached hydrogens (primary N) is 1. The van der Waals surface area contributed by atoms with Gasteiger partial charge in [0.2, 0.25) is 0 Å². The van der Waals surface area contributed by atoms with E-state index in [1.54, 1.807) is 0 Å². The maximum atomic E-state index is 5.89. The number of rotatable bonds is 7. The Morgan fingerprint density at radius 2 is 1.97 bits per heavy atom. The highest BCUT2D eigenvalue weighted by atomic mass is 15.4. The molecule has 1 aromatic heterocycles. The number of hydrogen-bond acceptors (Lipinski definition) is 4. The van der Waals surface area contributed by atoms with E-state index in [9.17, 15) is 0 Å². The number of nitrogens with zero attached hydrogens (tertiary/aromatic N) is 4. The summed E-state index contributed by atoms with van der Waals surface area (Å²) in [5.74, 6) is 1.83. The number of para-hydroxylation sites is 1. The van der Waals surface area contributed by atoms with Crippen LogP contribution >= 0.6 is 0 Å². The number of hydrogen-bond donors (Lipinski definition) is 1. The van der Waals surface area contributed by atoms with Gasteiger partial charge >= 0.3 is 0 Å².